The molecule has 0 fully saturated rings. The molecule has 4 aromatic rings. The predicted octanol–water partition coefficient (Wildman–Crippen LogP) is 5.05. The Morgan fingerprint density at radius 1 is 1.12 bits per heavy atom. The summed E-state index contributed by atoms with van der Waals surface area (Å²) in [5.41, 5.74) is 2.51. The van der Waals surface area contributed by atoms with Gasteiger partial charge in [0.15, 0.2) is 5.13 Å². The molecule has 4 rings (SSSR count). The summed E-state index contributed by atoms with van der Waals surface area (Å²) in [5, 5.41) is 5.75. The number of halogens is 1. The zero-order valence-electron chi connectivity index (χ0n) is 17.6. The number of anilines is 1. The van der Waals surface area contributed by atoms with E-state index in [1.807, 2.05) is 50.5 Å². The van der Waals surface area contributed by atoms with Crippen molar-refractivity contribution in [2.24, 2.45) is 0 Å². The maximum absolute atomic E-state index is 13.0. The number of H-pyrrole nitrogens is 1. The van der Waals surface area contributed by atoms with Gasteiger partial charge in [0.2, 0.25) is 0 Å². The number of nitrogens with zero attached hydrogens (tertiary/aromatic N) is 3. The van der Waals surface area contributed by atoms with Gasteiger partial charge >= 0.3 is 0 Å². The Bertz CT molecular complexity index is 1170. The number of carbonyl (C=O) groups is 1. The van der Waals surface area contributed by atoms with Crippen LogP contribution < -0.4 is 10.1 Å². The van der Waals surface area contributed by atoms with E-state index in [1.54, 1.807) is 23.7 Å². The summed E-state index contributed by atoms with van der Waals surface area (Å²) < 4.78 is 5.76. The monoisotopic (exact) mass is 467 g/mol. The van der Waals surface area contributed by atoms with Crippen molar-refractivity contribution in [1.29, 1.82) is 0 Å². The molecule has 0 saturated heterocycles. The first-order valence-corrected chi connectivity index (χ1v) is 11.2. The summed E-state index contributed by atoms with van der Waals surface area (Å²) in [6.45, 7) is 1.44. The molecule has 0 atom stereocenters. The first-order chi connectivity index (χ1) is 15.5. The minimum Gasteiger partial charge on any atom is -0.492 e. The Labute approximate surface area is 195 Å². The van der Waals surface area contributed by atoms with Crippen LogP contribution in [0, 0.1) is 0 Å². The minimum absolute atomic E-state index is 0.313. The van der Waals surface area contributed by atoms with Gasteiger partial charge in [0, 0.05) is 34.3 Å². The number of benzene rings is 2. The average molecular weight is 468 g/mol. The van der Waals surface area contributed by atoms with Gasteiger partial charge in [-0.25, -0.2) is 9.97 Å². The minimum atomic E-state index is -0.313. The van der Waals surface area contributed by atoms with Crippen molar-refractivity contribution in [3.63, 3.8) is 0 Å². The lowest BCUT2D eigenvalue weighted by Crippen LogP contribution is -2.19. The van der Waals surface area contributed by atoms with Crippen LogP contribution in [0.25, 0.3) is 22.6 Å². The molecule has 2 aromatic heterocycles. The van der Waals surface area contributed by atoms with Crippen LogP contribution >= 0.6 is 22.9 Å². The van der Waals surface area contributed by atoms with Crippen LogP contribution in [0.3, 0.4) is 0 Å². The van der Waals surface area contributed by atoms with E-state index in [9.17, 15) is 4.79 Å². The van der Waals surface area contributed by atoms with E-state index in [4.69, 9.17) is 21.3 Å². The third kappa shape index (κ3) is 5.34. The number of thiazole rings is 1. The molecule has 0 aliphatic carbocycles. The standard InChI is InChI=1S/C23H22ClN5O2S/c1-29(2)12-13-31-18-9-5-16(6-10-18)21-26-19(15-3-7-17(24)8-4-15)20(27-21)22(30)28-23-25-11-14-32-23/h3-11,14H,12-13H2,1-2H3,(H,26,27)(H,25,28,30). The van der Waals surface area contributed by atoms with Crippen molar-refractivity contribution in [3.05, 3.63) is 70.8 Å². The molecule has 2 aromatic carbocycles. The second-order valence-corrected chi connectivity index (χ2v) is 8.61. The van der Waals surface area contributed by atoms with Crippen molar-refractivity contribution < 1.29 is 9.53 Å². The molecule has 0 aliphatic heterocycles. The van der Waals surface area contributed by atoms with Gasteiger partial charge in [-0.1, -0.05) is 23.7 Å². The van der Waals surface area contributed by atoms with Gasteiger partial charge < -0.3 is 14.6 Å². The van der Waals surface area contributed by atoms with Crippen LogP contribution in [-0.2, 0) is 0 Å². The Morgan fingerprint density at radius 2 is 1.84 bits per heavy atom. The number of carbonyl (C=O) groups excluding carboxylic acids is 1. The van der Waals surface area contributed by atoms with E-state index in [-0.39, 0.29) is 5.91 Å². The van der Waals surface area contributed by atoms with Gasteiger partial charge in [0.25, 0.3) is 5.91 Å². The van der Waals surface area contributed by atoms with Crippen molar-refractivity contribution in [3.8, 4) is 28.4 Å². The van der Waals surface area contributed by atoms with Gasteiger partial charge in [-0.05, 0) is 50.5 Å². The number of amides is 1. The smallest absolute Gasteiger partial charge is 0.276 e. The van der Waals surface area contributed by atoms with E-state index >= 15 is 0 Å². The van der Waals surface area contributed by atoms with Crippen molar-refractivity contribution in [1.82, 2.24) is 19.9 Å². The second-order valence-electron chi connectivity index (χ2n) is 7.28. The van der Waals surface area contributed by atoms with E-state index in [1.165, 1.54) is 11.3 Å². The lowest BCUT2D eigenvalue weighted by Gasteiger charge is -2.11. The highest BCUT2D eigenvalue weighted by atomic mass is 35.5. The molecular weight excluding hydrogens is 446 g/mol. The number of nitrogens with one attached hydrogen (secondary N) is 2. The molecule has 0 saturated carbocycles. The van der Waals surface area contributed by atoms with Crippen molar-refractivity contribution in [2.45, 2.75) is 0 Å². The highest BCUT2D eigenvalue weighted by molar-refractivity contribution is 7.13. The molecule has 164 valence electrons. The molecule has 2 heterocycles. The fourth-order valence-electron chi connectivity index (χ4n) is 2.99. The summed E-state index contributed by atoms with van der Waals surface area (Å²) >= 11 is 7.39. The molecule has 0 unspecified atom stereocenters. The predicted molar refractivity (Wildman–Crippen MR) is 129 cm³/mol. The largest absolute Gasteiger partial charge is 0.492 e. The quantitative estimate of drug-likeness (QED) is 0.379. The number of likely N-dealkylation sites (N-methyl/N-ethyl adjacent to an activating group) is 1. The van der Waals surface area contributed by atoms with Gasteiger partial charge in [-0.15, -0.1) is 11.3 Å². The van der Waals surface area contributed by atoms with Gasteiger partial charge in [0.05, 0.1) is 0 Å². The molecule has 32 heavy (non-hydrogen) atoms. The summed E-state index contributed by atoms with van der Waals surface area (Å²) in [4.78, 5) is 27.1. The fourth-order valence-corrected chi connectivity index (χ4v) is 3.64. The summed E-state index contributed by atoms with van der Waals surface area (Å²) in [6, 6.07) is 14.8. The number of ether oxygens (including phenoxy) is 1. The molecule has 0 aliphatic rings. The van der Waals surface area contributed by atoms with Crippen LogP contribution in [0.2, 0.25) is 5.02 Å². The number of hydrogen-bond donors (Lipinski definition) is 2. The average Bonchev–Trinajstić information content (AvgIpc) is 3.45. The Morgan fingerprint density at radius 3 is 2.50 bits per heavy atom. The SMILES string of the molecule is CN(C)CCOc1ccc(-c2nc(-c3ccc(Cl)cc3)c(C(=O)Nc3nccs3)[nH]2)cc1. The summed E-state index contributed by atoms with van der Waals surface area (Å²) in [5.74, 6) is 1.05. The molecule has 2 N–H and O–H groups in total. The summed E-state index contributed by atoms with van der Waals surface area (Å²) in [6.07, 6.45) is 1.64. The zero-order chi connectivity index (χ0) is 22.5. The molecule has 7 nitrogen and oxygen atoms in total. The maximum Gasteiger partial charge on any atom is 0.276 e. The molecule has 0 radical (unpaired) electrons. The third-order valence-corrected chi connectivity index (χ3v) is 5.58. The number of imidazole rings is 1. The highest BCUT2D eigenvalue weighted by Crippen LogP contribution is 2.29. The Hall–Kier alpha value is -3.20. The normalized spacial score (nSPS) is 11.0. The molecular formula is C23H22ClN5O2S. The van der Waals surface area contributed by atoms with Crippen LogP contribution in [0.5, 0.6) is 5.75 Å². The molecule has 0 bridgehead atoms. The first kappa shape index (κ1) is 22.0. The second kappa shape index (κ2) is 9.95. The Kier molecular flexibility index (Phi) is 6.84. The lowest BCUT2D eigenvalue weighted by atomic mass is 10.1. The molecule has 9 heteroatoms. The zero-order valence-corrected chi connectivity index (χ0v) is 19.2. The number of aromatic amines is 1. The number of hydrogen-bond acceptors (Lipinski definition) is 6. The van der Waals surface area contributed by atoms with E-state index in [0.29, 0.717) is 34.0 Å². The van der Waals surface area contributed by atoms with Crippen LogP contribution in [0.15, 0.2) is 60.1 Å². The number of aromatic nitrogens is 3. The van der Waals surface area contributed by atoms with Crippen LogP contribution in [0.1, 0.15) is 10.5 Å². The lowest BCUT2D eigenvalue weighted by molar-refractivity contribution is 0.102. The summed E-state index contributed by atoms with van der Waals surface area (Å²) in [7, 11) is 4.01. The van der Waals surface area contributed by atoms with Crippen molar-refractivity contribution in [2.75, 3.05) is 32.6 Å². The van der Waals surface area contributed by atoms with E-state index in [0.717, 1.165) is 23.4 Å². The van der Waals surface area contributed by atoms with Crippen molar-refractivity contribution >= 4 is 34.0 Å². The molecule has 0 spiro atoms. The van der Waals surface area contributed by atoms with Crippen LogP contribution in [-0.4, -0.2) is 53.0 Å². The Balaban J connectivity index is 1.62. The van der Waals surface area contributed by atoms with Crippen LogP contribution in [0.4, 0.5) is 5.13 Å². The highest BCUT2D eigenvalue weighted by Gasteiger charge is 2.20. The van der Waals surface area contributed by atoms with E-state index in [2.05, 4.69) is 20.2 Å². The van der Waals surface area contributed by atoms with Gasteiger partial charge in [-0.3, -0.25) is 10.1 Å². The van der Waals surface area contributed by atoms with E-state index < -0.39 is 0 Å². The topological polar surface area (TPSA) is 83.1 Å². The third-order valence-electron chi connectivity index (χ3n) is 4.64. The van der Waals surface area contributed by atoms with Gasteiger partial charge in [-0.2, -0.15) is 0 Å². The maximum atomic E-state index is 13.0. The number of rotatable bonds is 8. The van der Waals surface area contributed by atoms with Gasteiger partial charge in [0.1, 0.15) is 29.6 Å². The molecule has 1 amide bonds. The fraction of sp³-hybridized carbons (Fsp3) is 0.174. The first-order valence-electron chi connectivity index (χ1n) is 9.94.